The summed E-state index contributed by atoms with van der Waals surface area (Å²) in [7, 11) is 0. The van der Waals surface area contributed by atoms with E-state index in [4.69, 9.17) is 39.3 Å². The summed E-state index contributed by atoms with van der Waals surface area (Å²) in [6.07, 6.45) is 2.50. The van der Waals surface area contributed by atoms with Crippen molar-refractivity contribution in [3.63, 3.8) is 0 Å². The minimum atomic E-state index is -1.14. The second kappa shape index (κ2) is 41.5. The van der Waals surface area contributed by atoms with Gasteiger partial charge < -0.3 is 65.4 Å². The Morgan fingerprint density at radius 3 is 1.51 bits per heavy atom. The smallest absolute Gasteiger partial charge is 0.303 e. The number of hydrogen-bond acceptors (Lipinski definition) is 17. The molecule has 80 heavy (non-hydrogen) atoms. The second-order valence-electron chi connectivity index (χ2n) is 19.4. The normalized spacial score (nSPS) is 12.3. The highest BCUT2D eigenvalue weighted by Gasteiger charge is 2.27. The Morgan fingerprint density at radius 2 is 0.963 bits per heavy atom. The van der Waals surface area contributed by atoms with Gasteiger partial charge >= 0.3 is 5.97 Å². The van der Waals surface area contributed by atoms with Gasteiger partial charge in [0.1, 0.15) is 23.1 Å². The average Bonchev–Trinajstić information content (AvgIpc) is 3.45. The molecular weight excluding hydrogens is 1040 g/mol. The van der Waals surface area contributed by atoms with Crippen LogP contribution in [0.1, 0.15) is 86.5 Å². The van der Waals surface area contributed by atoms with Gasteiger partial charge in [-0.15, -0.1) is 0 Å². The molecule has 0 aliphatic carbocycles. The van der Waals surface area contributed by atoms with Gasteiger partial charge in [-0.3, -0.25) is 38.4 Å². The van der Waals surface area contributed by atoms with Crippen LogP contribution in [0.3, 0.4) is 0 Å². The molecule has 0 fully saturated rings. The number of phenols is 2. The standard InChI is InChI=1S/C59H84N4O17/c1-43-35-45(13-18-55(43)69)12-16-51(65)38-47(9-5-6-21-60)57(72)61-22-24-76-26-28-78-30-32-80-34-33-79-31-29-77-27-25-75-23-20-52(66)39-48(37-46-10-14-50(64)15-11-46)58(73)63-42-54(68)40-49(36-44-7-3-2-4-8-44)59(74)62-41-53(67)17-19-56(70)71/h2-4,7-8,10-11,13-15,18,35,47-49,64,69H,5-6,9,12,16-17,19-34,36-42,60H2,1H3,(H,61,72)(H,62,74)(H,63,73)(H,70,71). The summed E-state index contributed by atoms with van der Waals surface area (Å²) in [6.45, 7) is 5.57. The summed E-state index contributed by atoms with van der Waals surface area (Å²) in [6, 6.07) is 20.5. The number of benzene rings is 3. The largest absolute Gasteiger partial charge is 0.508 e. The number of aryl methyl sites for hydroxylation is 2. The van der Waals surface area contributed by atoms with E-state index in [1.165, 1.54) is 12.1 Å². The molecule has 0 saturated carbocycles. The van der Waals surface area contributed by atoms with Crippen LogP contribution in [-0.4, -0.2) is 168 Å². The van der Waals surface area contributed by atoms with E-state index in [2.05, 4.69) is 16.0 Å². The third-order valence-corrected chi connectivity index (χ3v) is 12.7. The SMILES string of the molecule is Cc1cc(CCC(=O)CC(CCCCN)C(=O)NCCOCCOCCOCCOCCOCCOCCC(=O)CC(Cc2ccc(O)cc2)C(=O)NCC(=O)CC(Cc2ccccc2)C(=O)NCC(=O)CCC(=O)O)ccc1O. The molecule has 3 aromatic carbocycles. The van der Waals surface area contributed by atoms with Crippen molar-refractivity contribution in [3.05, 3.63) is 95.1 Å². The first-order valence-corrected chi connectivity index (χ1v) is 27.5. The van der Waals surface area contributed by atoms with Gasteiger partial charge in [0.05, 0.1) is 98.8 Å². The Labute approximate surface area is 469 Å². The Hall–Kier alpha value is -6.46. The van der Waals surface area contributed by atoms with Gasteiger partial charge in [-0.25, -0.2) is 0 Å². The average molecular weight is 1120 g/mol. The summed E-state index contributed by atoms with van der Waals surface area (Å²) < 4.78 is 33.3. The van der Waals surface area contributed by atoms with Crippen LogP contribution in [0, 0.1) is 24.7 Å². The van der Waals surface area contributed by atoms with E-state index >= 15 is 0 Å². The van der Waals surface area contributed by atoms with Crippen LogP contribution in [0.15, 0.2) is 72.8 Å². The van der Waals surface area contributed by atoms with Crippen LogP contribution in [0.5, 0.6) is 11.5 Å². The number of nitrogens with two attached hydrogens (primary N) is 1. The van der Waals surface area contributed by atoms with Crippen molar-refractivity contribution in [2.24, 2.45) is 23.5 Å². The quantitative estimate of drug-likeness (QED) is 0.0394. The molecule has 0 spiro atoms. The van der Waals surface area contributed by atoms with Crippen LogP contribution in [0.25, 0.3) is 0 Å². The lowest BCUT2D eigenvalue weighted by atomic mass is 9.91. The number of carbonyl (C=O) groups is 8. The number of carboxylic acid groups (broad SMARTS) is 1. The second-order valence-corrected chi connectivity index (χ2v) is 19.4. The van der Waals surface area contributed by atoms with Crippen molar-refractivity contribution in [2.45, 2.75) is 90.4 Å². The number of amides is 3. The molecular formula is C59H84N4O17. The number of aliphatic carboxylic acids is 1. The lowest BCUT2D eigenvalue weighted by molar-refractivity contribution is -0.138. The number of ether oxygens (including phenoxy) is 6. The number of Topliss-reactive ketones (excluding diaryl/α,β-unsaturated/α-hetero) is 4. The molecule has 0 saturated heterocycles. The Balaban J connectivity index is 1.22. The van der Waals surface area contributed by atoms with E-state index in [1.807, 2.05) is 13.0 Å². The minimum Gasteiger partial charge on any atom is -0.508 e. The number of carboxylic acids is 1. The fourth-order valence-electron chi connectivity index (χ4n) is 8.22. The van der Waals surface area contributed by atoms with Crippen LogP contribution in [0.2, 0.25) is 0 Å². The van der Waals surface area contributed by atoms with E-state index in [1.54, 1.807) is 54.6 Å². The summed E-state index contributed by atoms with van der Waals surface area (Å²) in [5.41, 5.74) is 8.83. The van der Waals surface area contributed by atoms with Crippen molar-refractivity contribution < 1.29 is 82.1 Å². The van der Waals surface area contributed by atoms with E-state index in [0.717, 1.165) is 29.5 Å². The molecule has 3 rings (SSSR count). The molecule has 0 radical (unpaired) electrons. The van der Waals surface area contributed by atoms with Crippen molar-refractivity contribution >= 4 is 46.8 Å². The number of aromatic hydroxyl groups is 2. The fraction of sp³-hybridized carbons (Fsp3) is 0.559. The molecule has 0 heterocycles. The van der Waals surface area contributed by atoms with Crippen molar-refractivity contribution in [1.29, 1.82) is 0 Å². The van der Waals surface area contributed by atoms with E-state index < -0.39 is 53.6 Å². The minimum absolute atomic E-state index is 0.0166. The van der Waals surface area contributed by atoms with Gasteiger partial charge in [-0.2, -0.15) is 0 Å². The number of carbonyl (C=O) groups excluding carboxylic acids is 7. The molecule has 3 amide bonds. The van der Waals surface area contributed by atoms with Crippen LogP contribution < -0.4 is 21.7 Å². The van der Waals surface area contributed by atoms with Gasteiger partial charge in [0.2, 0.25) is 17.7 Å². The van der Waals surface area contributed by atoms with Crippen molar-refractivity contribution in [1.82, 2.24) is 16.0 Å². The van der Waals surface area contributed by atoms with E-state index in [-0.39, 0.29) is 107 Å². The summed E-state index contributed by atoms with van der Waals surface area (Å²) in [4.78, 5) is 102. The zero-order valence-electron chi connectivity index (χ0n) is 46.3. The molecule has 8 N–H and O–H groups in total. The number of unbranched alkanes of at least 4 members (excludes halogenated alkanes) is 1. The molecule has 3 unspecified atom stereocenters. The molecule has 442 valence electrons. The highest BCUT2D eigenvalue weighted by molar-refractivity contribution is 5.93. The molecule has 3 atom stereocenters. The number of phenolic OH excluding ortho intramolecular Hbond substituents is 2. The summed E-state index contributed by atoms with van der Waals surface area (Å²) in [5, 5.41) is 36.4. The van der Waals surface area contributed by atoms with Crippen molar-refractivity contribution in [2.75, 3.05) is 105 Å². The number of hydrogen-bond donors (Lipinski definition) is 7. The first-order valence-electron chi connectivity index (χ1n) is 27.5. The Kier molecular flexibility index (Phi) is 35.2. The van der Waals surface area contributed by atoms with Gasteiger partial charge in [0.15, 0.2) is 11.6 Å². The Morgan fingerprint density at radius 1 is 0.487 bits per heavy atom. The van der Waals surface area contributed by atoms with E-state index in [9.17, 15) is 48.6 Å². The predicted molar refractivity (Wildman–Crippen MR) is 296 cm³/mol. The maximum absolute atomic E-state index is 13.5. The van der Waals surface area contributed by atoms with Gasteiger partial charge in [-0.05, 0) is 86.0 Å². The molecule has 0 aromatic heterocycles. The molecule has 21 nitrogen and oxygen atoms in total. The molecule has 21 heteroatoms. The Bertz CT molecular complexity index is 2320. The highest BCUT2D eigenvalue weighted by Crippen LogP contribution is 2.21. The van der Waals surface area contributed by atoms with Crippen LogP contribution in [-0.2, 0) is 86.0 Å². The monoisotopic (exact) mass is 1120 g/mol. The molecule has 0 bridgehead atoms. The fourth-order valence-corrected chi connectivity index (χ4v) is 8.22. The van der Waals surface area contributed by atoms with Crippen molar-refractivity contribution in [3.8, 4) is 11.5 Å². The zero-order valence-corrected chi connectivity index (χ0v) is 46.3. The maximum Gasteiger partial charge on any atom is 0.303 e. The summed E-state index contributed by atoms with van der Waals surface area (Å²) in [5.74, 6) is -5.44. The zero-order chi connectivity index (χ0) is 58.2. The maximum atomic E-state index is 13.5. The number of nitrogens with one attached hydrogen (secondary N) is 3. The lowest BCUT2D eigenvalue weighted by Gasteiger charge is -2.18. The topological polar surface area (TPSA) is 315 Å². The predicted octanol–water partition coefficient (Wildman–Crippen LogP) is 3.95. The molecule has 0 aliphatic heterocycles. The van der Waals surface area contributed by atoms with Gasteiger partial charge in [0, 0.05) is 62.8 Å². The highest BCUT2D eigenvalue weighted by atomic mass is 16.6. The van der Waals surface area contributed by atoms with E-state index in [0.29, 0.717) is 97.4 Å². The third kappa shape index (κ3) is 32.0. The van der Waals surface area contributed by atoms with Gasteiger partial charge in [-0.1, -0.05) is 61.0 Å². The first kappa shape index (κ1) is 67.8. The molecule has 3 aromatic rings. The summed E-state index contributed by atoms with van der Waals surface area (Å²) >= 11 is 0. The number of rotatable bonds is 48. The number of ketones is 4. The van der Waals surface area contributed by atoms with Crippen LogP contribution in [0.4, 0.5) is 0 Å². The first-order chi connectivity index (χ1) is 38.6. The third-order valence-electron chi connectivity index (χ3n) is 12.7. The lowest BCUT2D eigenvalue weighted by Crippen LogP contribution is -2.40. The van der Waals surface area contributed by atoms with Crippen LogP contribution >= 0.6 is 0 Å². The van der Waals surface area contributed by atoms with Gasteiger partial charge in [0.25, 0.3) is 0 Å². The molecule has 0 aliphatic rings.